The van der Waals surface area contributed by atoms with Crippen LogP contribution < -0.4 is 0 Å². The van der Waals surface area contributed by atoms with Crippen molar-refractivity contribution in [3.05, 3.63) is 30.1 Å². The number of hydroxylamine groups is 2. The number of pyridine rings is 1. The Morgan fingerprint density at radius 1 is 1.03 bits per heavy atom. The predicted molar refractivity (Wildman–Crippen MR) is 115 cm³/mol. The number of aromatic nitrogens is 1. The number of halogens is 6. The quantitative estimate of drug-likeness (QED) is 0.535. The number of carbonyl (C=O) groups is 3. The molecule has 0 radical (unpaired) electrons. The van der Waals surface area contributed by atoms with Crippen molar-refractivity contribution in [3.8, 4) is 0 Å². The Hall–Kier alpha value is -2.98. The Labute approximate surface area is 213 Å². The second kappa shape index (κ2) is 13.7. The molecule has 38 heavy (non-hydrogen) atoms. The normalized spacial score (nSPS) is 23.4. The number of amides is 1. The number of hydrogen-bond donors (Lipinski definition) is 2. The minimum Gasteiger partial charge on any atom is -0.475 e. The summed E-state index contributed by atoms with van der Waals surface area (Å²) in [6.07, 6.45) is -3.55. The molecule has 4 rings (SSSR count). The zero-order valence-corrected chi connectivity index (χ0v) is 20.0. The molecule has 4 heterocycles. The van der Waals surface area contributed by atoms with E-state index in [0.717, 1.165) is 39.0 Å². The van der Waals surface area contributed by atoms with Gasteiger partial charge >= 0.3 is 24.3 Å². The fourth-order valence-electron chi connectivity index (χ4n) is 4.09. The summed E-state index contributed by atoms with van der Waals surface area (Å²) in [5, 5.41) is 15.8. The molecule has 0 spiro atoms. The Morgan fingerprint density at radius 2 is 1.66 bits per heavy atom. The number of hydrogen-bond acceptors (Lipinski definition) is 7. The summed E-state index contributed by atoms with van der Waals surface area (Å²) in [7, 11) is 0. The van der Waals surface area contributed by atoms with Crippen molar-refractivity contribution in [3.63, 3.8) is 0 Å². The molecule has 3 aliphatic heterocycles. The van der Waals surface area contributed by atoms with Gasteiger partial charge in [-0.1, -0.05) is 6.07 Å². The third-order valence-electron chi connectivity index (χ3n) is 5.85. The van der Waals surface area contributed by atoms with Gasteiger partial charge in [-0.05, 0) is 30.4 Å². The summed E-state index contributed by atoms with van der Waals surface area (Å²) in [5.41, 5.74) is 1.23. The highest BCUT2D eigenvalue weighted by molar-refractivity contribution is 5.75. The number of likely N-dealkylation sites (tertiary alicyclic amines) is 1. The van der Waals surface area contributed by atoms with E-state index in [-0.39, 0.29) is 12.0 Å². The number of alkyl halides is 6. The van der Waals surface area contributed by atoms with Crippen LogP contribution in [0.5, 0.6) is 0 Å². The van der Waals surface area contributed by atoms with E-state index in [1.807, 2.05) is 12.3 Å². The van der Waals surface area contributed by atoms with Crippen molar-refractivity contribution < 1.29 is 60.5 Å². The molecular weight excluding hydrogens is 532 g/mol. The van der Waals surface area contributed by atoms with Gasteiger partial charge in [0.25, 0.3) is 0 Å². The summed E-state index contributed by atoms with van der Waals surface area (Å²) in [6, 6.07) is 4.08. The average molecular weight is 559 g/mol. The van der Waals surface area contributed by atoms with Crippen molar-refractivity contribution in [2.75, 3.05) is 32.8 Å². The van der Waals surface area contributed by atoms with Gasteiger partial charge in [0.1, 0.15) is 0 Å². The first-order valence-electron chi connectivity index (χ1n) is 11.4. The molecule has 214 valence electrons. The molecule has 3 fully saturated rings. The lowest BCUT2D eigenvalue weighted by Crippen LogP contribution is -2.37. The monoisotopic (exact) mass is 559 g/mol. The van der Waals surface area contributed by atoms with Gasteiger partial charge in [0.2, 0.25) is 5.91 Å². The maximum atomic E-state index is 12.4. The zero-order valence-electron chi connectivity index (χ0n) is 20.0. The Morgan fingerprint density at radius 3 is 2.16 bits per heavy atom. The first-order chi connectivity index (χ1) is 17.7. The Balaban J connectivity index is 0.000000301. The third-order valence-corrected chi connectivity index (χ3v) is 5.85. The van der Waals surface area contributed by atoms with E-state index in [9.17, 15) is 31.1 Å². The van der Waals surface area contributed by atoms with Gasteiger partial charge < -0.3 is 14.9 Å². The van der Waals surface area contributed by atoms with Crippen LogP contribution in [0, 0.1) is 11.8 Å². The number of ether oxygens (including phenoxy) is 1. The van der Waals surface area contributed by atoms with Crippen LogP contribution in [-0.4, -0.2) is 94.3 Å². The zero-order chi connectivity index (χ0) is 28.5. The molecule has 1 aromatic rings. The summed E-state index contributed by atoms with van der Waals surface area (Å²) < 4.78 is 69.4. The van der Waals surface area contributed by atoms with Crippen LogP contribution in [0.3, 0.4) is 0 Å². The van der Waals surface area contributed by atoms with Crippen molar-refractivity contribution in [2.45, 2.75) is 44.3 Å². The van der Waals surface area contributed by atoms with E-state index >= 15 is 0 Å². The molecule has 0 saturated carbocycles. The highest BCUT2D eigenvalue weighted by Crippen LogP contribution is 2.36. The number of nitrogens with zero attached hydrogens (tertiary/aromatic N) is 3. The highest BCUT2D eigenvalue weighted by Gasteiger charge is 2.45. The Bertz CT molecular complexity index is 902. The van der Waals surface area contributed by atoms with Crippen molar-refractivity contribution in [1.29, 1.82) is 0 Å². The van der Waals surface area contributed by atoms with E-state index in [0.29, 0.717) is 31.5 Å². The standard InChI is InChI=1S/C18H25N3O3.2C2HF3O2/c22-18(21-6-1-2-7-24-21)8-15-13-23-17-12-20(11-16(15)17)10-14-4-3-5-19-9-14;2*3-2(4,5)1(6)7/h3-5,9,15-17H,1-2,6-8,10-13H2;2*(H,6,7)/t15-,16-,17-;;/m1../s1. The van der Waals surface area contributed by atoms with Gasteiger partial charge in [0.15, 0.2) is 0 Å². The predicted octanol–water partition coefficient (Wildman–Crippen LogP) is 2.74. The molecular formula is C22H27F6N3O7. The van der Waals surface area contributed by atoms with E-state index in [4.69, 9.17) is 29.4 Å². The third kappa shape index (κ3) is 10.1. The first-order valence-corrected chi connectivity index (χ1v) is 11.4. The smallest absolute Gasteiger partial charge is 0.475 e. The highest BCUT2D eigenvalue weighted by atomic mass is 19.4. The largest absolute Gasteiger partial charge is 0.490 e. The minimum atomic E-state index is -5.08. The van der Waals surface area contributed by atoms with Crippen molar-refractivity contribution >= 4 is 17.8 Å². The lowest BCUT2D eigenvalue weighted by molar-refractivity contribution is -0.198. The number of rotatable bonds is 4. The van der Waals surface area contributed by atoms with E-state index < -0.39 is 24.3 Å². The van der Waals surface area contributed by atoms with Crippen LogP contribution in [-0.2, 0) is 30.5 Å². The van der Waals surface area contributed by atoms with Gasteiger partial charge in [-0.2, -0.15) is 26.3 Å². The fraction of sp³-hybridized carbons (Fsp3) is 0.636. The van der Waals surface area contributed by atoms with Crippen molar-refractivity contribution in [2.24, 2.45) is 11.8 Å². The molecule has 2 N–H and O–H groups in total. The molecule has 3 saturated heterocycles. The van der Waals surface area contributed by atoms with E-state index in [1.165, 1.54) is 5.56 Å². The maximum Gasteiger partial charge on any atom is 0.490 e. The maximum absolute atomic E-state index is 12.4. The Kier molecular flexibility index (Phi) is 11.3. The van der Waals surface area contributed by atoms with Gasteiger partial charge in [-0.3, -0.25) is 19.5 Å². The molecule has 1 aromatic heterocycles. The molecule has 0 bridgehead atoms. The SMILES string of the molecule is O=C(C[C@@H]1CO[C@@H]2CN(Cc3cccnc3)C[C@H]12)N1CCCCO1.O=C(O)C(F)(F)F.O=C(O)C(F)(F)F. The summed E-state index contributed by atoms with van der Waals surface area (Å²) in [4.78, 5) is 42.3. The number of carbonyl (C=O) groups excluding carboxylic acids is 1. The second-order valence-corrected chi connectivity index (χ2v) is 8.70. The van der Waals surface area contributed by atoms with Crippen molar-refractivity contribution in [1.82, 2.24) is 14.9 Å². The van der Waals surface area contributed by atoms with Gasteiger partial charge in [0, 0.05) is 50.9 Å². The van der Waals surface area contributed by atoms with Crippen LogP contribution in [0.1, 0.15) is 24.8 Å². The molecule has 16 heteroatoms. The molecule has 10 nitrogen and oxygen atoms in total. The molecule has 0 unspecified atom stereocenters. The molecule has 3 aliphatic rings. The van der Waals surface area contributed by atoms with Gasteiger partial charge in [-0.25, -0.2) is 14.7 Å². The van der Waals surface area contributed by atoms with Crippen LogP contribution >= 0.6 is 0 Å². The lowest BCUT2D eigenvalue weighted by atomic mass is 9.90. The van der Waals surface area contributed by atoms with Gasteiger partial charge in [-0.15, -0.1) is 0 Å². The summed E-state index contributed by atoms with van der Waals surface area (Å²) in [6.45, 7) is 4.95. The fourth-order valence-corrected chi connectivity index (χ4v) is 4.09. The number of aliphatic carboxylic acids is 2. The molecule has 0 aliphatic carbocycles. The number of carboxylic acids is 2. The van der Waals surface area contributed by atoms with Gasteiger partial charge in [0.05, 0.1) is 19.3 Å². The molecule has 3 atom stereocenters. The van der Waals surface area contributed by atoms with Crippen LogP contribution in [0.25, 0.3) is 0 Å². The molecule has 1 amide bonds. The van der Waals surface area contributed by atoms with Crippen LogP contribution in [0.2, 0.25) is 0 Å². The second-order valence-electron chi connectivity index (χ2n) is 8.70. The van der Waals surface area contributed by atoms with E-state index in [2.05, 4.69) is 16.0 Å². The number of carboxylic acid groups (broad SMARTS) is 2. The topological polar surface area (TPSA) is 130 Å². The summed E-state index contributed by atoms with van der Waals surface area (Å²) in [5.74, 6) is -4.63. The van der Waals surface area contributed by atoms with Crippen LogP contribution in [0.4, 0.5) is 26.3 Å². The summed E-state index contributed by atoms with van der Waals surface area (Å²) >= 11 is 0. The number of fused-ring (bicyclic) bond motifs is 1. The minimum absolute atomic E-state index is 0.120. The lowest BCUT2D eigenvalue weighted by Gasteiger charge is -2.27. The first kappa shape index (κ1) is 31.2. The van der Waals surface area contributed by atoms with Crippen LogP contribution in [0.15, 0.2) is 24.5 Å². The average Bonchev–Trinajstić information content (AvgIpc) is 3.41. The molecule has 0 aromatic carbocycles. The van der Waals surface area contributed by atoms with E-state index in [1.54, 1.807) is 11.3 Å².